The summed E-state index contributed by atoms with van der Waals surface area (Å²) < 4.78 is 1.64. The first-order chi connectivity index (χ1) is 14.5. The molecule has 3 heterocycles. The van der Waals surface area contributed by atoms with E-state index in [1.54, 1.807) is 11.6 Å². The van der Waals surface area contributed by atoms with Crippen molar-refractivity contribution < 1.29 is 14.5 Å². The van der Waals surface area contributed by atoms with Gasteiger partial charge in [-0.15, -0.1) is 0 Å². The molecule has 2 amide bonds. The highest BCUT2D eigenvalue weighted by atomic mass is 16.6. The van der Waals surface area contributed by atoms with Crippen LogP contribution >= 0.6 is 0 Å². The molecular formula is C21H13N5O4. The maximum absolute atomic E-state index is 13.2. The molecule has 0 saturated carbocycles. The van der Waals surface area contributed by atoms with Crippen LogP contribution in [0.1, 0.15) is 26.4 Å². The van der Waals surface area contributed by atoms with E-state index in [0.717, 1.165) is 10.6 Å². The van der Waals surface area contributed by atoms with E-state index < -0.39 is 16.7 Å². The highest BCUT2D eigenvalue weighted by molar-refractivity contribution is 6.37. The number of carbonyl (C=O) groups excluding carboxylic acids is 2. The molecule has 0 atom stereocenters. The molecule has 0 bridgehead atoms. The fourth-order valence-corrected chi connectivity index (χ4v) is 3.67. The number of pyridine rings is 1. The van der Waals surface area contributed by atoms with E-state index in [1.807, 2.05) is 30.3 Å². The van der Waals surface area contributed by atoms with Crippen molar-refractivity contribution in [3.05, 3.63) is 87.7 Å². The summed E-state index contributed by atoms with van der Waals surface area (Å²) >= 11 is 0. The van der Waals surface area contributed by atoms with Gasteiger partial charge in [0.2, 0.25) is 0 Å². The molecule has 9 heteroatoms. The van der Waals surface area contributed by atoms with E-state index in [2.05, 4.69) is 10.1 Å². The van der Waals surface area contributed by atoms with Crippen LogP contribution in [0.5, 0.6) is 0 Å². The highest BCUT2D eigenvalue weighted by Crippen LogP contribution is 2.34. The van der Waals surface area contributed by atoms with Gasteiger partial charge in [-0.2, -0.15) is 5.10 Å². The molecule has 2 aromatic carbocycles. The number of anilines is 1. The van der Waals surface area contributed by atoms with Crippen LogP contribution in [0, 0.1) is 17.0 Å². The molecule has 4 aromatic rings. The summed E-state index contributed by atoms with van der Waals surface area (Å²) in [5.41, 5.74) is 2.39. The van der Waals surface area contributed by atoms with Crippen molar-refractivity contribution >= 4 is 34.2 Å². The second-order valence-electron chi connectivity index (χ2n) is 6.80. The van der Waals surface area contributed by atoms with Crippen LogP contribution in [-0.4, -0.2) is 31.5 Å². The Kier molecular flexibility index (Phi) is 3.72. The minimum atomic E-state index is -0.541. The van der Waals surface area contributed by atoms with E-state index in [4.69, 9.17) is 0 Å². The van der Waals surface area contributed by atoms with Crippen LogP contribution in [0.3, 0.4) is 0 Å². The number of para-hydroxylation sites is 1. The second kappa shape index (κ2) is 6.31. The number of nitrogens with zero attached hydrogens (tertiary/aromatic N) is 5. The average molecular weight is 399 g/mol. The SMILES string of the molecule is Cc1nn(-c2ccccc2)c2ncc3c(c12)C(=O)N(c1ccc([N+](=O)[O-])cc1)C3=O. The van der Waals surface area contributed by atoms with Gasteiger partial charge in [0.15, 0.2) is 5.65 Å². The van der Waals surface area contributed by atoms with Crippen molar-refractivity contribution in [1.29, 1.82) is 0 Å². The number of non-ortho nitro benzene ring substituents is 1. The lowest BCUT2D eigenvalue weighted by atomic mass is 10.1. The lowest BCUT2D eigenvalue weighted by molar-refractivity contribution is -0.384. The van der Waals surface area contributed by atoms with Gasteiger partial charge in [0.05, 0.1) is 38.5 Å². The van der Waals surface area contributed by atoms with E-state index in [1.165, 1.54) is 30.5 Å². The predicted octanol–water partition coefficient (Wildman–Crippen LogP) is 3.44. The predicted molar refractivity (Wildman–Crippen MR) is 108 cm³/mol. The Balaban J connectivity index is 1.66. The number of imide groups is 1. The minimum absolute atomic E-state index is 0.126. The molecule has 0 aliphatic carbocycles. The highest BCUT2D eigenvalue weighted by Gasteiger charge is 2.40. The maximum Gasteiger partial charge on any atom is 0.269 e. The Bertz CT molecular complexity index is 1360. The van der Waals surface area contributed by atoms with Gasteiger partial charge in [-0.05, 0) is 31.2 Å². The Morgan fingerprint density at radius 1 is 0.933 bits per heavy atom. The number of nitro groups is 1. The van der Waals surface area contributed by atoms with Gasteiger partial charge in [-0.1, -0.05) is 18.2 Å². The number of aryl methyl sites for hydroxylation is 1. The van der Waals surface area contributed by atoms with Gasteiger partial charge in [-0.3, -0.25) is 19.7 Å². The van der Waals surface area contributed by atoms with Crippen molar-refractivity contribution in [2.75, 3.05) is 4.90 Å². The van der Waals surface area contributed by atoms with Gasteiger partial charge < -0.3 is 0 Å². The van der Waals surface area contributed by atoms with Crippen molar-refractivity contribution in [3.63, 3.8) is 0 Å². The fraction of sp³-hybridized carbons (Fsp3) is 0.0476. The lowest BCUT2D eigenvalue weighted by Gasteiger charge is -2.13. The molecule has 0 spiro atoms. The normalized spacial score (nSPS) is 13.2. The van der Waals surface area contributed by atoms with E-state index >= 15 is 0 Å². The average Bonchev–Trinajstić information content (AvgIpc) is 3.23. The molecule has 30 heavy (non-hydrogen) atoms. The third kappa shape index (κ3) is 2.42. The molecule has 0 saturated heterocycles. The van der Waals surface area contributed by atoms with Gasteiger partial charge in [0.25, 0.3) is 17.5 Å². The van der Waals surface area contributed by atoms with Gasteiger partial charge in [0.1, 0.15) is 0 Å². The first kappa shape index (κ1) is 17.7. The quantitative estimate of drug-likeness (QED) is 0.296. The Hall–Kier alpha value is -4.40. The smallest absolute Gasteiger partial charge is 0.268 e. The molecule has 0 N–H and O–H groups in total. The summed E-state index contributed by atoms with van der Waals surface area (Å²) in [4.78, 5) is 42.0. The topological polar surface area (TPSA) is 111 Å². The van der Waals surface area contributed by atoms with Gasteiger partial charge in [-0.25, -0.2) is 14.6 Å². The summed E-state index contributed by atoms with van der Waals surface area (Å²) in [5, 5.41) is 15.9. The number of benzene rings is 2. The monoisotopic (exact) mass is 399 g/mol. The number of nitro benzene ring substituents is 1. The molecule has 0 radical (unpaired) electrons. The maximum atomic E-state index is 13.2. The summed E-state index contributed by atoms with van der Waals surface area (Å²) in [5.74, 6) is -1.03. The van der Waals surface area contributed by atoms with Crippen LogP contribution in [0.15, 0.2) is 60.8 Å². The van der Waals surface area contributed by atoms with Crippen LogP contribution in [-0.2, 0) is 0 Å². The summed E-state index contributed by atoms with van der Waals surface area (Å²) in [6.07, 6.45) is 1.38. The van der Waals surface area contributed by atoms with Crippen molar-refractivity contribution in [2.45, 2.75) is 6.92 Å². The molecule has 2 aromatic heterocycles. The molecule has 1 aliphatic heterocycles. The molecular weight excluding hydrogens is 386 g/mol. The number of carbonyl (C=O) groups is 2. The van der Waals surface area contributed by atoms with Crippen molar-refractivity contribution in [1.82, 2.24) is 14.8 Å². The van der Waals surface area contributed by atoms with Crippen molar-refractivity contribution in [2.24, 2.45) is 0 Å². The van der Waals surface area contributed by atoms with Crippen LogP contribution < -0.4 is 4.90 Å². The molecule has 9 nitrogen and oxygen atoms in total. The first-order valence-corrected chi connectivity index (χ1v) is 9.04. The molecule has 5 rings (SSSR count). The third-order valence-electron chi connectivity index (χ3n) is 5.04. The zero-order chi connectivity index (χ0) is 21.0. The summed E-state index contributed by atoms with van der Waals surface area (Å²) in [6, 6.07) is 14.6. The minimum Gasteiger partial charge on any atom is -0.268 e. The summed E-state index contributed by atoms with van der Waals surface area (Å²) in [6.45, 7) is 1.76. The molecule has 0 fully saturated rings. The standard InChI is InChI=1S/C21H13N5O4/c1-12-17-18-16(11-22-19(17)25(23-12)14-5-3-2-4-6-14)20(27)24(21(18)28)13-7-9-15(10-8-13)26(29)30/h2-11H,1H3. The number of hydrogen-bond donors (Lipinski definition) is 0. The van der Waals surface area contributed by atoms with E-state index in [9.17, 15) is 19.7 Å². The number of rotatable bonds is 3. The Morgan fingerprint density at radius 3 is 2.30 bits per heavy atom. The lowest BCUT2D eigenvalue weighted by Crippen LogP contribution is -2.29. The summed E-state index contributed by atoms with van der Waals surface area (Å²) in [7, 11) is 0. The Morgan fingerprint density at radius 2 is 1.63 bits per heavy atom. The zero-order valence-corrected chi connectivity index (χ0v) is 15.6. The van der Waals surface area contributed by atoms with Gasteiger partial charge in [0, 0.05) is 18.3 Å². The number of fused-ring (bicyclic) bond motifs is 3. The van der Waals surface area contributed by atoms with Crippen molar-refractivity contribution in [3.8, 4) is 5.69 Å². The van der Waals surface area contributed by atoms with E-state index in [0.29, 0.717) is 16.7 Å². The Labute approximate surface area is 169 Å². The first-order valence-electron chi connectivity index (χ1n) is 9.04. The second-order valence-corrected chi connectivity index (χ2v) is 6.80. The van der Waals surface area contributed by atoms with Gasteiger partial charge >= 0.3 is 0 Å². The number of amides is 2. The molecule has 1 aliphatic rings. The van der Waals surface area contributed by atoms with Crippen LogP contribution in [0.4, 0.5) is 11.4 Å². The third-order valence-corrected chi connectivity index (χ3v) is 5.04. The number of hydrogen-bond acceptors (Lipinski definition) is 6. The van der Waals surface area contributed by atoms with E-state index in [-0.39, 0.29) is 22.5 Å². The van der Waals surface area contributed by atoms with Crippen LogP contribution in [0.25, 0.3) is 16.7 Å². The number of aromatic nitrogens is 3. The molecule has 146 valence electrons. The largest absolute Gasteiger partial charge is 0.269 e. The van der Waals surface area contributed by atoms with Crippen LogP contribution in [0.2, 0.25) is 0 Å². The zero-order valence-electron chi connectivity index (χ0n) is 15.6. The fourth-order valence-electron chi connectivity index (χ4n) is 3.67. The molecule has 0 unspecified atom stereocenters.